The van der Waals surface area contributed by atoms with Gasteiger partial charge in [-0.2, -0.15) is 0 Å². The van der Waals surface area contributed by atoms with Gasteiger partial charge in [0.2, 0.25) is 5.89 Å². The predicted molar refractivity (Wildman–Crippen MR) is 54.1 cm³/mol. The molecule has 0 amide bonds. The molecule has 1 aromatic rings. The molecule has 0 aromatic carbocycles. The van der Waals surface area contributed by atoms with Crippen LogP contribution < -0.4 is 0 Å². The van der Waals surface area contributed by atoms with E-state index in [1.54, 1.807) is 0 Å². The number of oxazole rings is 1. The Hall–Kier alpha value is -0.500. The number of aromatic nitrogens is 1. The second-order valence-corrected chi connectivity index (χ2v) is 3.83. The van der Waals surface area contributed by atoms with Crippen molar-refractivity contribution in [3.63, 3.8) is 0 Å². The molecule has 0 fully saturated rings. The highest BCUT2D eigenvalue weighted by molar-refractivity contribution is 6.20. The molecular weight excluding hydrogens is 186 g/mol. The number of halogens is 1. The third-order valence-corrected chi connectivity index (χ3v) is 2.53. The first-order chi connectivity index (χ1) is 6.15. The minimum atomic E-state index is -0.0626. The van der Waals surface area contributed by atoms with Gasteiger partial charge in [-0.15, -0.1) is 11.6 Å². The normalized spacial score (nSPS) is 13.2. The Morgan fingerprint density at radius 1 is 1.46 bits per heavy atom. The van der Waals surface area contributed by atoms with Crippen LogP contribution >= 0.6 is 11.6 Å². The van der Waals surface area contributed by atoms with Gasteiger partial charge >= 0.3 is 0 Å². The number of unbranched alkanes of at least 4 members (excludes halogenated alkanes) is 1. The molecule has 0 aliphatic rings. The van der Waals surface area contributed by atoms with Crippen LogP contribution in [0.3, 0.4) is 0 Å². The maximum atomic E-state index is 6.11. The van der Waals surface area contributed by atoms with Crippen molar-refractivity contribution in [3.8, 4) is 0 Å². The molecule has 0 spiro atoms. The zero-order chi connectivity index (χ0) is 9.84. The summed E-state index contributed by atoms with van der Waals surface area (Å²) in [5.74, 6) is 1.54. The van der Waals surface area contributed by atoms with E-state index in [0.29, 0.717) is 5.89 Å². The van der Waals surface area contributed by atoms with Gasteiger partial charge in [0.25, 0.3) is 0 Å². The lowest BCUT2D eigenvalue weighted by atomic mass is 10.2. The fourth-order valence-corrected chi connectivity index (χ4v) is 1.39. The molecule has 3 heteroatoms. The Bertz CT molecular complexity index is 250. The first-order valence-electron chi connectivity index (χ1n) is 4.73. The molecule has 0 N–H and O–H groups in total. The number of alkyl halides is 1. The number of hydrogen-bond donors (Lipinski definition) is 0. The average Bonchev–Trinajstić information content (AvgIpc) is 2.43. The topological polar surface area (TPSA) is 26.0 Å². The Morgan fingerprint density at radius 2 is 2.15 bits per heavy atom. The summed E-state index contributed by atoms with van der Waals surface area (Å²) in [7, 11) is 0. The zero-order valence-electron chi connectivity index (χ0n) is 8.43. The monoisotopic (exact) mass is 201 g/mol. The van der Waals surface area contributed by atoms with E-state index in [9.17, 15) is 0 Å². The van der Waals surface area contributed by atoms with Gasteiger partial charge in [0.1, 0.15) is 11.1 Å². The van der Waals surface area contributed by atoms with Gasteiger partial charge in [-0.05, 0) is 20.3 Å². The average molecular weight is 202 g/mol. The molecule has 1 atom stereocenters. The maximum Gasteiger partial charge on any atom is 0.212 e. The first kappa shape index (κ1) is 10.6. The van der Waals surface area contributed by atoms with Crippen LogP contribution in [-0.4, -0.2) is 4.98 Å². The number of rotatable bonds is 4. The van der Waals surface area contributed by atoms with Gasteiger partial charge < -0.3 is 4.42 Å². The molecule has 0 radical (unpaired) electrons. The number of hydrogen-bond acceptors (Lipinski definition) is 2. The van der Waals surface area contributed by atoms with E-state index in [2.05, 4.69) is 11.9 Å². The molecule has 1 heterocycles. The summed E-state index contributed by atoms with van der Waals surface area (Å²) < 4.78 is 5.43. The van der Waals surface area contributed by atoms with E-state index in [1.165, 1.54) is 0 Å². The summed E-state index contributed by atoms with van der Waals surface area (Å²) in [5.41, 5.74) is 0.942. The molecular formula is C10H16ClNO. The number of nitrogens with zero attached hydrogens (tertiary/aromatic N) is 1. The molecule has 0 bridgehead atoms. The van der Waals surface area contributed by atoms with E-state index in [1.807, 2.05) is 13.8 Å². The first-order valence-corrected chi connectivity index (χ1v) is 5.16. The van der Waals surface area contributed by atoms with Crippen molar-refractivity contribution in [2.24, 2.45) is 0 Å². The highest BCUT2D eigenvalue weighted by atomic mass is 35.5. The van der Waals surface area contributed by atoms with Crippen LogP contribution in [0.2, 0.25) is 0 Å². The summed E-state index contributed by atoms with van der Waals surface area (Å²) in [4.78, 5) is 4.26. The standard InChI is InChI=1S/C10H16ClNO/c1-4-5-6-9(11)10-12-7(2)8(3)13-10/h9H,4-6H2,1-3H3. The lowest BCUT2D eigenvalue weighted by Gasteiger charge is -2.02. The van der Waals surface area contributed by atoms with Crippen LogP contribution in [0.5, 0.6) is 0 Å². The van der Waals surface area contributed by atoms with E-state index < -0.39 is 0 Å². The van der Waals surface area contributed by atoms with Crippen molar-refractivity contribution in [2.75, 3.05) is 0 Å². The summed E-state index contributed by atoms with van der Waals surface area (Å²) in [6, 6.07) is 0. The number of aryl methyl sites for hydroxylation is 2. The van der Waals surface area contributed by atoms with Crippen LogP contribution in [0.25, 0.3) is 0 Å². The fourth-order valence-electron chi connectivity index (χ4n) is 1.14. The lowest BCUT2D eigenvalue weighted by Crippen LogP contribution is -1.90. The summed E-state index contributed by atoms with van der Waals surface area (Å²) in [5, 5.41) is -0.0626. The van der Waals surface area contributed by atoms with Crippen molar-refractivity contribution in [1.29, 1.82) is 0 Å². The SMILES string of the molecule is CCCCC(Cl)c1nc(C)c(C)o1. The van der Waals surface area contributed by atoms with Gasteiger partial charge in [-0.3, -0.25) is 0 Å². The Labute approximate surface area is 84.3 Å². The van der Waals surface area contributed by atoms with Crippen LogP contribution in [0.4, 0.5) is 0 Å². The minimum Gasteiger partial charge on any atom is -0.444 e. The van der Waals surface area contributed by atoms with Crippen LogP contribution in [0, 0.1) is 13.8 Å². The zero-order valence-corrected chi connectivity index (χ0v) is 9.19. The van der Waals surface area contributed by atoms with Crippen LogP contribution in [0.15, 0.2) is 4.42 Å². The van der Waals surface area contributed by atoms with E-state index >= 15 is 0 Å². The van der Waals surface area contributed by atoms with Gasteiger partial charge in [0.05, 0.1) is 5.69 Å². The fraction of sp³-hybridized carbons (Fsp3) is 0.700. The van der Waals surface area contributed by atoms with E-state index in [0.717, 1.165) is 30.7 Å². The largest absolute Gasteiger partial charge is 0.444 e. The molecule has 1 aromatic heterocycles. The van der Waals surface area contributed by atoms with Crippen molar-refractivity contribution in [3.05, 3.63) is 17.3 Å². The van der Waals surface area contributed by atoms with Crippen LogP contribution in [-0.2, 0) is 0 Å². The van der Waals surface area contributed by atoms with E-state index in [4.69, 9.17) is 16.0 Å². The van der Waals surface area contributed by atoms with Gasteiger partial charge in [0, 0.05) is 0 Å². The van der Waals surface area contributed by atoms with Crippen molar-refractivity contribution in [2.45, 2.75) is 45.4 Å². The molecule has 1 rings (SSSR count). The Balaban J connectivity index is 2.60. The lowest BCUT2D eigenvalue weighted by molar-refractivity contribution is 0.454. The molecule has 0 aliphatic carbocycles. The summed E-state index contributed by atoms with van der Waals surface area (Å²) in [6.45, 7) is 6.00. The van der Waals surface area contributed by atoms with Gasteiger partial charge in [-0.25, -0.2) is 4.98 Å². The maximum absolute atomic E-state index is 6.11. The predicted octanol–water partition coefficient (Wildman–Crippen LogP) is 3.76. The molecule has 74 valence electrons. The molecule has 2 nitrogen and oxygen atoms in total. The summed E-state index contributed by atoms with van der Waals surface area (Å²) in [6.07, 6.45) is 3.22. The highest BCUT2D eigenvalue weighted by Gasteiger charge is 2.14. The van der Waals surface area contributed by atoms with Gasteiger partial charge in [-0.1, -0.05) is 19.8 Å². The molecule has 0 aliphatic heterocycles. The minimum absolute atomic E-state index is 0.0626. The molecule has 1 unspecified atom stereocenters. The Kier molecular flexibility index (Phi) is 3.79. The van der Waals surface area contributed by atoms with Gasteiger partial charge in [0.15, 0.2) is 0 Å². The second kappa shape index (κ2) is 4.66. The Morgan fingerprint density at radius 3 is 2.62 bits per heavy atom. The quantitative estimate of drug-likeness (QED) is 0.694. The van der Waals surface area contributed by atoms with Crippen molar-refractivity contribution >= 4 is 11.6 Å². The smallest absolute Gasteiger partial charge is 0.212 e. The molecule has 0 saturated heterocycles. The summed E-state index contributed by atoms with van der Waals surface area (Å²) >= 11 is 6.11. The third kappa shape index (κ3) is 2.73. The van der Waals surface area contributed by atoms with E-state index in [-0.39, 0.29) is 5.38 Å². The molecule has 13 heavy (non-hydrogen) atoms. The third-order valence-electron chi connectivity index (χ3n) is 2.12. The highest BCUT2D eigenvalue weighted by Crippen LogP contribution is 2.26. The van der Waals surface area contributed by atoms with Crippen molar-refractivity contribution < 1.29 is 4.42 Å². The van der Waals surface area contributed by atoms with Crippen molar-refractivity contribution in [1.82, 2.24) is 4.98 Å². The van der Waals surface area contributed by atoms with Crippen LogP contribution in [0.1, 0.15) is 48.9 Å². The second-order valence-electron chi connectivity index (χ2n) is 3.30. The molecule has 0 saturated carbocycles.